The van der Waals surface area contributed by atoms with E-state index < -0.39 is 46.1 Å². The SMILES string of the molecule is CC(C)(C)OC(=O)N1CCC(NC(=O)[C@@H]2C=C[C@@H]3CN2C(=O)N3OS(=O)(=O)O)CC1.[HH]. The van der Waals surface area contributed by atoms with Crippen LogP contribution in [0.15, 0.2) is 12.2 Å². The quantitative estimate of drug-likeness (QED) is 0.468. The molecule has 0 aromatic carbocycles. The Balaban J connectivity index is 0.00000341. The largest absolute Gasteiger partial charge is 0.444 e. The molecule has 13 heteroatoms. The summed E-state index contributed by atoms with van der Waals surface area (Å²) in [5.74, 6) is -0.414. The van der Waals surface area contributed by atoms with Gasteiger partial charge in [-0.15, -0.1) is 4.28 Å². The number of nitrogens with one attached hydrogen (secondary N) is 1. The molecule has 3 rings (SSSR count). The first-order valence-corrected chi connectivity index (χ1v) is 10.9. The highest BCUT2D eigenvalue weighted by molar-refractivity contribution is 7.80. The lowest BCUT2D eigenvalue weighted by Gasteiger charge is -2.34. The summed E-state index contributed by atoms with van der Waals surface area (Å²) in [6, 6.07) is -2.65. The van der Waals surface area contributed by atoms with Gasteiger partial charge < -0.3 is 19.9 Å². The van der Waals surface area contributed by atoms with Crippen molar-refractivity contribution in [1.82, 2.24) is 20.2 Å². The van der Waals surface area contributed by atoms with Crippen LogP contribution in [0.1, 0.15) is 35.0 Å². The fourth-order valence-corrected chi connectivity index (χ4v) is 3.95. The van der Waals surface area contributed by atoms with E-state index in [1.807, 2.05) is 0 Å². The predicted octanol–water partition coefficient (Wildman–Crippen LogP) is 0.527. The van der Waals surface area contributed by atoms with Crippen LogP contribution in [0.4, 0.5) is 9.59 Å². The van der Waals surface area contributed by atoms with Crippen molar-refractivity contribution in [3.8, 4) is 0 Å². The second-order valence-corrected chi connectivity index (χ2v) is 9.41. The number of carbonyl (C=O) groups is 3. The number of hydroxylamine groups is 2. The van der Waals surface area contributed by atoms with E-state index in [1.165, 1.54) is 17.1 Å². The molecule has 3 aliphatic heterocycles. The van der Waals surface area contributed by atoms with E-state index in [4.69, 9.17) is 9.29 Å². The van der Waals surface area contributed by atoms with Crippen LogP contribution in [0.3, 0.4) is 0 Å². The van der Waals surface area contributed by atoms with Crippen molar-refractivity contribution < 1.29 is 37.8 Å². The molecule has 2 bridgehead atoms. The number of carbonyl (C=O) groups excluding carboxylic acids is 3. The Kier molecular flexibility index (Phi) is 5.98. The molecule has 0 spiro atoms. The fraction of sp³-hybridized carbons (Fsp3) is 0.706. The Morgan fingerprint density at radius 1 is 1.23 bits per heavy atom. The number of fused-ring (bicyclic) bond motifs is 2. The van der Waals surface area contributed by atoms with Gasteiger partial charge in [-0.2, -0.15) is 13.5 Å². The predicted molar refractivity (Wildman–Crippen MR) is 104 cm³/mol. The summed E-state index contributed by atoms with van der Waals surface area (Å²) in [4.78, 5) is 40.0. The second kappa shape index (κ2) is 8.04. The highest BCUT2D eigenvalue weighted by Crippen LogP contribution is 2.26. The van der Waals surface area contributed by atoms with E-state index in [9.17, 15) is 22.8 Å². The Labute approximate surface area is 176 Å². The third-order valence-corrected chi connectivity index (χ3v) is 5.26. The van der Waals surface area contributed by atoms with Gasteiger partial charge in [0.05, 0.1) is 12.6 Å². The zero-order chi connectivity index (χ0) is 22.3. The van der Waals surface area contributed by atoms with Crippen LogP contribution in [-0.2, 0) is 24.2 Å². The van der Waals surface area contributed by atoms with Gasteiger partial charge in [0.15, 0.2) is 0 Å². The molecule has 0 aromatic rings. The normalized spacial score (nSPS) is 24.9. The van der Waals surface area contributed by atoms with Gasteiger partial charge in [0.1, 0.15) is 11.6 Å². The minimum atomic E-state index is -4.86. The van der Waals surface area contributed by atoms with Crippen LogP contribution in [0.25, 0.3) is 0 Å². The standard InChI is InChI=1S/C17H26N4O8S.H2/c1-17(2,3)28-16(24)19-8-6-11(7-9-19)18-14(22)13-5-4-12-10-20(13)15(23)21(12)29-30(25,26)27;/h4-5,11-13H,6-10H2,1-3H3,(H,18,22)(H,25,26,27);1H/t12-,13+;/m1./s1. The smallest absolute Gasteiger partial charge is 0.418 e. The van der Waals surface area contributed by atoms with E-state index >= 15 is 0 Å². The molecule has 0 radical (unpaired) electrons. The topological polar surface area (TPSA) is 146 Å². The molecule has 3 heterocycles. The Morgan fingerprint density at radius 3 is 2.43 bits per heavy atom. The van der Waals surface area contributed by atoms with Crippen molar-refractivity contribution in [1.29, 1.82) is 0 Å². The molecule has 2 fully saturated rings. The average molecular weight is 448 g/mol. The van der Waals surface area contributed by atoms with Gasteiger partial charge in [0.2, 0.25) is 5.91 Å². The van der Waals surface area contributed by atoms with Crippen LogP contribution in [0, 0.1) is 0 Å². The van der Waals surface area contributed by atoms with E-state index in [0.717, 1.165) is 0 Å². The van der Waals surface area contributed by atoms with Gasteiger partial charge in [-0.1, -0.05) is 12.2 Å². The van der Waals surface area contributed by atoms with Gasteiger partial charge >= 0.3 is 22.5 Å². The van der Waals surface area contributed by atoms with Crippen molar-refractivity contribution in [2.45, 2.75) is 57.3 Å². The first-order chi connectivity index (χ1) is 13.8. The summed E-state index contributed by atoms with van der Waals surface area (Å²) in [6.45, 7) is 6.30. The molecule has 4 amide bonds. The monoisotopic (exact) mass is 448 g/mol. The molecule has 170 valence electrons. The average Bonchev–Trinajstić information content (AvgIpc) is 2.84. The molecule has 2 atom stereocenters. The van der Waals surface area contributed by atoms with Gasteiger partial charge in [-0.25, -0.2) is 9.59 Å². The number of piperidine rings is 1. The number of hydrogen-bond donors (Lipinski definition) is 2. The van der Waals surface area contributed by atoms with Crippen LogP contribution < -0.4 is 5.32 Å². The summed E-state index contributed by atoms with van der Waals surface area (Å²) in [6.07, 6.45) is 3.66. The zero-order valence-corrected chi connectivity index (χ0v) is 17.8. The number of ether oxygens (including phenoxy) is 1. The number of rotatable bonds is 4. The first-order valence-electron chi connectivity index (χ1n) is 9.57. The summed E-state index contributed by atoms with van der Waals surface area (Å²) < 4.78 is 40.3. The zero-order valence-electron chi connectivity index (χ0n) is 17.0. The highest BCUT2D eigenvalue weighted by atomic mass is 32.3. The van der Waals surface area contributed by atoms with Crippen LogP contribution in [0.5, 0.6) is 0 Å². The Morgan fingerprint density at radius 2 is 1.87 bits per heavy atom. The number of urea groups is 1. The van der Waals surface area contributed by atoms with Crippen LogP contribution in [-0.4, -0.2) is 89.2 Å². The van der Waals surface area contributed by atoms with E-state index in [-0.39, 0.29) is 14.0 Å². The highest BCUT2D eigenvalue weighted by Gasteiger charge is 2.47. The summed E-state index contributed by atoms with van der Waals surface area (Å²) in [5.41, 5.74) is -0.581. The van der Waals surface area contributed by atoms with E-state index in [0.29, 0.717) is 31.0 Å². The molecule has 3 aliphatic rings. The molecule has 0 aliphatic carbocycles. The number of amides is 4. The maximum absolute atomic E-state index is 12.7. The third kappa shape index (κ3) is 5.21. The lowest BCUT2D eigenvalue weighted by molar-refractivity contribution is -0.125. The minimum absolute atomic E-state index is 0. The van der Waals surface area contributed by atoms with Gasteiger partial charge in [0, 0.05) is 20.6 Å². The number of nitrogens with zero attached hydrogens (tertiary/aromatic N) is 3. The van der Waals surface area contributed by atoms with Gasteiger partial charge in [-0.05, 0) is 33.6 Å². The van der Waals surface area contributed by atoms with Crippen molar-refractivity contribution in [2.75, 3.05) is 19.6 Å². The van der Waals surface area contributed by atoms with E-state index in [2.05, 4.69) is 9.60 Å². The van der Waals surface area contributed by atoms with Crippen molar-refractivity contribution >= 4 is 28.4 Å². The fourth-order valence-electron chi connectivity index (χ4n) is 3.57. The molecule has 0 saturated carbocycles. The van der Waals surface area contributed by atoms with Crippen molar-refractivity contribution in [2.24, 2.45) is 0 Å². The maximum atomic E-state index is 12.7. The lowest BCUT2D eigenvalue weighted by Crippen LogP contribution is -2.53. The minimum Gasteiger partial charge on any atom is -0.444 e. The Hall–Kier alpha value is -2.38. The molecule has 12 nitrogen and oxygen atoms in total. The van der Waals surface area contributed by atoms with Crippen LogP contribution in [0.2, 0.25) is 0 Å². The van der Waals surface area contributed by atoms with Gasteiger partial charge in [0.25, 0.3) is 0 Å². The number of hydrogen-bond acceptors (Lipinski definition) is 7. The van der Waals surface area contributed by atoms with Crippen molar-refractivity contribution in [3.05, 3.63) is 12.2 Å². The maximum Gasteiger partial charge on any atom is 0.418 e. The van der Waals surface area contributed by atoms with Gasteiger partial charge in [-0.3, -0.25) is 9.35 Å². The Bertz CT molecular complexity index is 851. The summed E-state index contributed by atoms with van der Waals surface area (Å²) >= 11 is 0. The van der Waals surface area contributed by atoms with Crippen molar-refractivity contribution in [3.63, 3.8) is 0 Å². The molecular weight excluding hydrogens is 420 g/mol. The molecule has 2 saturated heterocycles. The third-order valence-electron chi connectivity index (χ3n) is 4.91. The number of likely N-dealkylation sites (tertiary alicyclic amines) is 1. The lowest BCUT2D eigenvalue weighted by atomic mass is 10.0. The van der Waals surface area contributed by atoms with E-state index in [1.54, 1.807) is 25.7 Å². The molecule has 0 aromatic heterocycles. The molecule has 2 N–H and O–H groups in total. The van der Waals surface area contributed by atoms with Crippen LogP contribution >= 0.6 is 0 Å². The summed E-state index contributed by atoms with van der Waals surface area (Å²) in [5, 5.41) is 3.40. The summed E-state index contributed by atoms with van der Waals surface area (Å²) in [7, 11) is -4.86. The first kappa shape index (κ1) is 22.3. The molecule has 0 unspecified atom stereocenters. The molecular formula is C17H28N4O8S. The second-order valence-electron chi connectivity index (χ2n) is 8.41. The molecule has 30 heavy (non-hydrogen) atoms.